The number of ether oxygens (including phenoxy) is 3. The lowest BCUT2D eigenvalue weighted by atomic mass is 9.88. The van der Waals surface area contributed by atoms with Gasteiger partial charge in [0.15, 0.2) is 0 Å². The van der Waals surface area contributed by atoms with Crippen LogP contribution in [-0.2, 0) is 15.9 Å². The van der Waals surface area contributed by atoms with Gasteiger partial charge in [0.05, 0.1) is 19.8 Å². The SMILES string of the molecule is CCOCCOC(=N[C@@H]1CCCc2ccccc21)NC(=O)c1cccc(OC)c1. The van der Waals surface area contributed by atoms with Crippen molar-refractivity contribution in [3.8, 4) is 5.75 Å². The van der Waals surface area contributed by atoms with Crippen LogP contribution in [0.3, 0.4) is 0 Å². The van der Waals surface area contributed by atoms with E-state index < -0.39 is 0 Å². The number of hydrogen-bond acceptors (Lipinski definition) is 5. The predicted octanol–water partition coefficient (Wildman–Crippen LogP) is 3.91. The van der Waals surface area contributed by atoms with Gasteiger partial charge < -0.3 is 14.2 Å². The molecule has 1 N–H and O–H groups in total. The molecule has 1 aliphatic rings. The fourth-order valence-electron chi connectivity index (χ4n) is 3.38. The average Bonchev–Trinajstić information content (AvgIpc) is 2.77. The molecule has 1 amide bonds. The molecule has 0 aliphatic heterocycles. The van der Waals surface area contributed by atoms with Gasteiger partial charge in [-0.2, -0.15) is 0 Å². The maximum absolute atomic E-state index is 12.7. The molecule has 0 spiro atoms. The molecule has 3 rings (SSSR count). The molecular weight excluding hydrogens is 368 g/mol. The van der Waals surface area contributed by atoms with Gasteiger partial charge in [0.2, 0.25) is 0 Å². The van der Waals surface area contributed by atoms with E-state index in [1.807, 2.05) is 13.0 Å². The quantitative estimate of drug-likeness (QED) is 0.438. The van der Waals surface area contributed by atoms with Gasteiger partial charge in [-0.05, 0) is 55.5 Å². The van der Waals surface area contributed by atoms with E-state index in [9.17, 15) is 4.79 Å². The number of methoxy groups -OCH3 is 1. The van der Waals surface area contributed by atoms with Gasteiger partial charge in [0.25, 0.3) is 11.9 Å². The first-order valence-electron chi connectivity index (χ1n) is 10.0. The molecule has 6 heteroatoms. The Kier molecular flexibility index (Phi) is 7.64. The van der Waals surface area contributed by atoms with E-state index in [0.29, 0.717) is 31.1 Å². The average molecular weight is 396 g/mol. The molecule has 29 heavy (non-hydrogen) atoms. The van der Waals surface area contributed by atoms with Gasteiger partial charge in [-0.1, -0.05) is 30.3 Å². The number of carbonyl (C=O) groups is 1. The van der Waals surface area contributed by atoms with Crippen molar-refractivity contribution in [2.75, 3.05) is 26.9 Å². The fourth-order valence-corrected chi connectivity index (χ4v) is 3.38. The molecule has 0 fully saturated rings. The zero-order chi connectivity index (χ0) is 20.5. The number of hydrogen-bond donors (Lipinski definition) is 1. The lowest BCUT2D eigenvalue weighted by Gasteiger charge is -2.23. The normalized spacial score (nSPS) is 16.1. The largest absolute Gasteiger partial charge is 0.497 e. The number of carbonyl (C=O) groups excluding carboxylic acids is 1. The van der Waals surface area contributed by atoms with E-state index in [4.69, 9.17) is 19.2 Å². The third kappa shape index (κ3) is 5.81. The van der Waals surface area contributed by atoms with E-state index in [2.05, 4.69) is 23.5 Å². The van der Waals surface area contributed by atoms with Crippen molar-refractivity contribution < 1.29 is 19.0 Å². The Labute approximate surface area is 171 Å². The number of aliphatic imine (C=N–C) groups is 1. The molecule has 0 unspecified atom stereocenters. The first-order chi connectivity index (χ1) is 14.2. The van der Waals surface area contributed by atoms with E-state index in [1.165, 1.54) is 11.1 Å². The summed E-state index contributed by atoms with van der Waals surface area (Å²) in [5, 5.41) is 2.82. The number of amidine groups is 1. The molecule has 6 nitrogen and oxygen atoms in total. The monoisotopic (exact) mass is 396 g/mol. The molecule has 0 aromatic heterocycles. The first kappa shape index (κ1) is 20.9. The number of aryl methyl sites for hydroxylation is 1. The molecule has 0 heterocycles. The fraction of sp³-hybridized carbons (Fsp3) is 0.391. The van der Waals surface area contributed by atoms with Crippen molar-refractivity contribution in [3.63, 3.8) is 0 Å². The minimum atomic E-state index is -0.289. The minimum Gasteiger partial charge on any atom is -0.497 e. The van der Waals surface area contributed by atoms with Crippen molar-refractivity contribution in [2.45, 2.75) is 32.2 Å². The summed E-state index contributed by atoms with van der Waals surface area (Å²) in [7, 11) is 1.57. The number of nitrogens with zero attached hydrogens (tertiary/aromatic N) is 1. The number of fused-ring (bicyclic) bond motifs is 1. The lowest BCUT2D eigenvalue weighted by Crippen LogP contribution is -2.34. The zero-order valence-electron chi connectivity index (χ0n) is 17.0. The number of nitrogens with one attached hydrogen (secondary N) is 1. The van der Waals surface area contributed by atoms with Gasteiger partial charge in [-0.15, -0.1) is 0 Å². The summed E-state index contributed by atoms with van der Waals surface area (Å²) in [5.41, 5.74) is 2.98. The summed E-state index contributed by atoms with van der Waals surface area (Å²) < 4.78 is 16.3. The van der Waals surface area contributed by atoms with Crippen LogP contribution in [0.2, 0.25) is 0 Å². The summed E-state index contributed by atoms with van der Waals surface area (Å²) in [5.74, 6) is 0.331. The predicted molar refractivity (Wildman–Crippen MR) is 112 cm³/mol. The van der Waals surface area contributed by atoms with Crippen LogP contribution >= 0.6 is 0 Å². The summed E-state index contributed by atoms with van der Waals surface area (Å²) in [6.07, 6.45) is 3.03. The van der Waals surface area contributed by atoms with Crippen molar-refractivity contribution in [2.24, 2.45) is 4.99 Å². The molecule has 154 valence electrons. The molecule has 0 radical (unpaired) electrons. The molecule has 0 bridgehead atoms. The van der Waals surface area contributed by atoms with Crippen LogP contribution in [0.1, 0.15) is 47.3 Å². The van der Waals surface area contributed by atoms with Crippen LogP contribution in [0.5, 0.6) is 5.75 Å². The summed E-state index contributed by atoms with van der Waals surface area (Å²) in [6, 6.07) is 15.5. The van der Waals surface area contributed by atoms with E-state index in [-0.39, 0.29) is 18.0 Å². The Morgan fingerprint density at radius 3 is 2.86 bits per heavy atom. The second-order valence-corrected chi connectivity index (χ2v) is 6.77. The second-order valence-electron chi connectivity index (χ2n) is 6.77. The Bertz CT molecular complexity index is 850. The topological polar surface area (TPSA) is 69.2 Å². The van der Waals surface area contributed by atoms with Crippen molar-refractivity contribution in [1.82, 2.24) is 5.32 Å². The van der Waals surface area contributed by atoms with Gasteiger partial charge in [-0.25, -0.2) is 4.99 Å². The van der Waals surface area contributed by atoms with Gasteiger partial charge in [0, 0.05) is 12.2 Å². The first-order valence-corrected chi connectivity index (χ1v) is 10.0. The maximum Gasteiger partial charge on any atom is 0.292 e. The van der Waals surface area contributed by atoms with Crippen molar-refractivity contribution in [3.05, 3.63) is 65.2 Å². The van der Waals surface area contributed by atoms with Crippen LogP contribution in [0.4, 0.5) is 0 Å². The van der Waals surface area contributed by atoms with E-state index in [0.717, 1.165) is 19.3 Å². The molecule has 2 aromatic rings. The Balaban J connectivity index is 1.79. The Morgan fingerprint density at radius 2 is 2.03 bits per heavy atom. The standard InChI is InChI=1S/C23H28N2O4/c1-3-28-14-15-29-23(25-22(26)18-10-6-11-19(16-18)27-2)24-21-13-7-9-17-8-4-5-12-20(17)21/h4-6,8,10-12,16,21H,3,7,9,13-15H2,1-2H3,(H,24,25,26)/t21-/m1/s1. The summed E-state index contributed by atoms with van der Waals surface area (Å²) in [6.45, 7) is 3.30. The van der Waals surface area contributed by atoms with E-state index >= 15 is 0 Å². The minimum absolute atomic E-state index is 0.0346. The molecular formula is C23H28N2O4. The van der Waals surface area contributed by atoms with Crippen LogP contribution in [0.15, 0.2) is 53.5 Å². The van der Waals surface area contributed by atoms with Gasteiger partial charge in [-0.3, -0.25) is 10.1 Å². The highest BCUT2D eigenvalue weighted by atomic mass is 16.5. The van der Waals surface area contributed by atoms with Crippen LogP contribution in [-0.4, -0.2) is 38.9 Å². The lowest BCUT2D eigenvalue weighted by molar-refractivity contribution is 0.0920. The molecule has 0 saturated carbocycles. The molecule has 1 atom stereocenters. The highest BCUT2D eigenvalue weighted by Crippen LogP contribution is 2.32. The van der Waals surface area contributed by atoms with Crippen molar-refractivity contribution >= 4 is 11.9 Å². The second kappa shape index (κ2) is 10.6. The summed E-state index contributed by atoms with van der Waals surface area (Å²) in [4.78, 5) is 17.5. The summed E-state index contributed by atoms with van der Waals surface area (Å²) >= 11 is 0. The maximum atomic E-state index is 12.7. The molecule has 1 aliphatic carbocycles. The van der Waals surface area contributed by atoms with Gasteiger partial charge in [0.1, 0.15) is 12.4 Å². The third-order valence-corrected chi connectivity index (χ3v) is 4.83. The van der Waals surface area contributed by atoms with Crippen molar-refractivity contribution in [1.29, 1.82) is 0 Å². The van der Waals surface area contributed by atoms with Crippen LogP contribution in [0, 0.1) is 0 Å². The highest BCUT2D eigenvalue weighted by Gasteiger charge is 2.21. The number of amides is 1. The zero-order valence-corrected chi connectivity index (χ0v) is 17.0. The number of rotatable bonds is 7. The van der Waals surface area contributed by atoms with Gasteiger partial charge >= 0.3 is 0 Å². The van der Waals surface area contributed by atoms with Crippen LogP contribution < -0.4 is 10.1 Å². The highest BCUT2D eigenvalue weighted by molar-refractivity contribution is 6.04. The van der Waals surface area contributed by atoms with Crippen LogP contribution in [0.25, 0.3) is 0 Å². The number of benzene rings is 2. The smallest absolute Gasteiger partial charge is 0.292 e. The Morgan fingerprint density at radius 1 is 1.17 bits per heavy atom. The molecule has 0 saturated heterocycles. The van der Waals surface area contributed by atoms with E-state index in [1.54, 1.807) is 31.4 Å². The third-order valence-electron chi connectivity index (χ3n) is 4.83. The Hall–Kier alpha value is -2.86. The molecule has 2 aromatic carbocycles.